The largest absolute Gasteiger partial charge is 0.396 e. The van der Waals surface area contributed by atoms with Crippen LogP contribution in [0.1, 0.15) is 59.8 Å². The van der Waals surface area contributed by atoms with Crippen LogP contribution in [-0.4, -0.2) is 35.9 Å². The number of nitrogens with zero attached hydrogens (tertiary/aromatic N) is 2. The number of hydrogen-bond donors (Lipinski definition) is 2. The topological polar surface area (TPSA) is 64.9 Å². The van der Waals surface area contributed by atoms with Crippen molar-refractivity contribution >= 4 is 17.3 Å². The molecule has 1 aliphatic heterocycles. The summed E-state index contributed by atoms with van der Waals surface area (Å²) in [6.45, 7) is 9.62. The van der Waals surface area contributed by atoms with Gasteiger partial charge >= 0.3 is 0 Å². The fourth-order valence-electron chi connectivity index (χ4n) is 3.83. The highest BCUT2D eigenvalue weighted by Crippen LogP contribution is 2.34. The second kappa shape index (κ2) is 11.2. The standard InChI is InChI=1S/C23H37N3O2/c1-17(2)15-20-22(23(28)24-13-9-6-10-14-27)21(16-18(3)4)26(25-20)19-11-7-5-8-12-19/h5,7-8,11-12,17-18,21-22,27H,6,9-10,13-16H2,1-4H3,(H,24,28). The number of para-hydroxylation sites is 1. The Kier molecular flexibility index (Phi) is 8.97. The lowest BCUT2D eigenvalue weighted by molar-refractivity contribution is -0.123. The lowest BCUT2D eigenvalue weighted by Crippen LogP contribution is -2.44. The van der Waals surface area contributed by atoms with E-state index in [2.05, 4.69) is 50.2 Å². The summed E-state index contributed by atoms with van der Waals surface area (Å²) in [5, 5.41) is 19.1. The Labute approximate surface area is 170 Å². The molecule has 5 nitrogen and oxygen atoms in total. The molecule has 2 N–H and O–H groups in total. The molecule has 0 spiro atoms. The Morgan fingerprint density at radius 3 is 2.43 bits per heavy atom. The smallest absolute Gasteiger partial charge is 0.231 e. The minimum Gasteiger partial charge on any atom is -0.396 e. The molecule has 2 unspecified atom stereocenters. The van der Waals surface area contributed by atoms with E-state index < -0.39 is 0 Å². The summed E-state index contributed by atoms with van der Waals surface area (Å²) in [6, 6.07) is 10.2. The van der Waals surface area contributed by atoms with Gasteiger partial charge in [-0.3, -0.25) is 9.80 Å². The van der Waals surface area contributed by atoms with Gasteiger partial charge in [0.2, 0.25) is 5.91 Å². The van der Waals surface area contributed by atoms with Crippen LogP contribution < -0.4 is 10.3 Å². The number of rotatable bonds is 11. The van der Waals surface area contributed by atoms with Gasteiger partial charge in [-0.25, -0.2) is 0 Å². The Bertz CT molecular complexity index is 628. The zero-order valence-corrected chi connectivity index (χ0v) is 17.9. The molecule has 156 valence electrons. The van der Waals surface area contributed by atoms with Crippen molar-refractivity contribution in [1.82, 2.24) is 5.32 Å². The number of carbonyl (C=O) groups excluding carboxylic acids is 1. The number of aliphatic hydroxyl groups is 1. The first-order chi connectivity index (χ1) is 13.4. The van der Waals surface area contributed by atoms with Crippen molar-refractivity contribution in [3.05, 3.63) is 30.3 Å². The molecule has 2 rings (SSSR count). The predicted molar refractivity (Wildman–Crippen MR) is 116 cm³/mol. The van der Waals surface area contributed by atoms with Gasteiger partial charge in [-0.15, -0.1) is 0 Å². The average molecular weight is 388 g/mol. The maximum absolute atomic E-state index is 13.2. The van der Waals surface area contributed by atoms with Crippen molar-refractivity contribution in [2.75, 3.05) is 18.2 Å². The molecule has 0 bridgehead atoms. The number of carbonyl (C=O) groups is 1. The quantitative estimate of drug-likeness (QED) is 0.559. The first-order valence-corrected chi connectivity index (χ1v) is 10.7. The Morgan fingerprint density at radius 1 is 1.11 bits per heavy atom. The molecule has 0 aliphatic carbocycles. The van der Waals surface area contributed by atoms with Crippen LogP contribution in [0.2, 0.25) is 0 Å². The van der Waals surface area contributed by atoms with Crippen LogP contribution in [0.15, 0.2) is 35.4 Å². The van der Waals surface area contributed by atoms with E-state index in [1.807, 2.05) is 18.2 Å². The van der Waals surface area contributed by atoms with Crippen molar-refractivity contribution in [3.8, 4) is 0 Å². The van der Waals surface area contributed by atoms with E-state index in [1.54, 1.807) is 0 Å². The molecular weight excluding hydrogens is 350 g/mol. The third-order valence-electron chi connectivity index (χ3n) is 5.06. The maximum Gasteiger partial charge on any atom is 0.231 e. The average Bonchev–Trinajstić information content (AvgIpc) is 2.98. The van der Waals surface area contributed by atoms with E-state index in [0.29, 0.717) is 18.4 Å². The number of unbranched alkanes of at least 4 members (excludes halogenated alkanes) is 2. The summed E-state index contributed by atoms with van der Waals surface area (Å²) in [5.41, 5.74) is 2.05. The first kappa shape index (κ1) is 22.4. The molecule has 0 fully saturated rings. The Morgan fingerprint density at radius 2 is 1.82 bits per heavy atom. The molecule has 1 amide bonds. The van der Waals surface area contributed by atoms with Gasteiger partial charge in [0.1, 0.15) is 5.92 Å². The van der Waals surface area contributed by atoms with Crippen LogP contribution in [0.25, 0.3) is 0 Å². The molecule has 0 saturated carbocycles. The van der Waals surface area contributed by atoms with Crippen LogP contribution in [0.3, 0.4) is 0 Å². The van der Waals surface area contributed by atoms with Gasteiger partial charge in [0, 0.05) is 13.2 Å². The molecule has 0 aromatic heterocycles. The molecule has 1 aliphatic rings. The number of nitrogens with one attached hydrogen (secondary N) is 1. The SMILES string of the molecule is CC(C)CC1=NN(c2ccccc2)C(CC(C)C)C1C(=O)NCCCCCO. The maximum atomic E-state index is 13.2. The summed E-state index contributed by atoms with van der Waals surface area (Å²) < 4.78 is 0. The van der Waals surface area contributed by atoms with Gasteiger partial charge in [-0.05, 0) is 56.1 Å². The highest BCUT2D eigenvalue weighted by Gasteiger charge is 2.42. The number of aliphatic hydroxyl groups excluding tert-OH is 1. The molecular formula is C23H37N3O2. The molecule has 5 heteroatoms. The Hall–Kier alpha value is -1.88. The highest BCUT2D eigenvalue weighted by molar-refractivity contribution is 6.07. The first-order valence-electron chi connectivity index (χ1n) is 10.7. The normalized spacial score (nSPS) is 19.4. The van der Waals surface area contributed by atoms with E-state index in [9.17, 15) is 4.79 Å². The van der Waals surface area contributed by atoms with Gasteiger partial charge in [0.25, 0.3) is 0 Å². The third kappa shape index (κ3) is 6.33. The minimum absolute atomic E-state index is 0.0496. The van der Waals surface area contributed by atoms with Crippen molar-refractivity contribution < 1.29 is 9.90 Å². The number of amides is 1. The van der Waals surface area contributed by atoms with Crippen LogP contribution in [0.5, 0.6) is 0 Å². The lowest BCUT2D eigenvalue weighted by Gasteiger charge is -2.29. The minimum atomic E-state index is -0.206. The number of hydrogen-bond acceptors (Lipinski definition) is 4. The highest BCUT2D eigenvalue weighted by atomic mass is 16.2. The predicted octanol–water partition coefficient (Wildman–Crippen LogP) is 4.22. The zero-order chi connectivity index (χ0) is 20.5. The summed E-state index contributed by atoms with van der Waals surface area (Å²) in [4.78, 5) is 13.2. The van der Waals surface area contributed by atoms with Gasteiger partial charge in [0.05, 0.1) is 17.4 Å². The van der Waals surface area contributed by atoms with E-state index in [1.165, 1.54) is 0 Å². The Balaban J connectivity index is 2.21. The van der Waals surface area contributed by atoms with Crippen molar-refractivity contribution in [1.29, 1.82) is 0 Å². The van der Waals surface area contributed by atoms with E-state index in [0.717, 1.165) is 43.5 Å². The number of hydrazone groups is 1. The number of benzene rings is 1. The van der Waals surface area contributed by atoms with Gasteiger partial charge in [-0.1, -0.05) is 45.9 Å². The second-order valence-electron chi connectivity index (χ2n) is 8.62. The monoisotopic (exact) mass is 387 g/mol. The summed E-state index contributed by atoms with van der Waals surface area (Å²) in [6.07, 6.45) is 4.37. The van der Waals surface area contributed by atoms with Crippen LogP contribution >= 0.6 is 0 Å². The fraction of sp³-hybridized carbons (Fsp3) is 0.652. The van der Waals surface area contributed by atoms with Crippen molar-refractivity contribution in [2.45, 2.75) is 65.8 Å². The van der Waals surface area contributed by atoms with Gasteiger partial charge in [-0.2, -0.15) is 5.10 Å². The molecule has 0 radical (unpaired) electrons. The summed E-state index contributed by atoms with van der Waals surface area (Å²) in [7, 11) is 0. The van der Waals surface area contributed by atoms with Gasteiger partial charge < -0.3 is 10.4 Å². The molecule has 1 heterocycles. The lowest BCUT2D eigenvalue weighted by atomic mass is 9.85. The second-order valence-corrected chi connectivity index (χ2v) is 8.62. The third-order valence-corrected chi connectivity index (χ3v) is 5.06. The van der Waals surface area contributed by atoms with E-state index in [4.69, 9.17) is 10.2 Å². The molecule has 1 aromatic carbocycles. The van der Waals surface area contributed by atoms with Crippen LogP contribution in [-0.2, 0) is 4.79 Å². The van der Waals surface area contributed by atoms with E-state index >= 15 is 0 Å². The van der Waals surface area contributed by atoms with Crippen molar-refractivity contribution in [2.24, 2.45) is 22.9 Å². The van der Waals surface area contributed by atoms with Crippen molar-refractivity contribution in [3.63, 3.8) is 0 Å². The fourth-order valence-corrected chi connectivity index (χ4v) is 3.83. The zero-order valence-electron chi connectivity index (χ0n) is 17.9. The van der Waals surface area contributed by atoms with Gasteiger partial charge in [0.15, 0.2) is 0 Å². The summed E-state index contributed by atoms with van der Waals surface area (Å²) in [5.74, 6) is 0.814. The van der Waals surface area contributed by atoms with Crippen LogP contribution in [0, 0.1) is 17.8 Å². The molecule has 28 heavy (non-hydrogen) atoms. The molecule has 0 saturated heterocycles. The number of anilines is 1. The molecule has 2 atom stereocenters. The van der Waals surface area contributed by atoms with Crippen LogP contribution in [0.4, 0.5) is 5.69 Å². The molecule has 1 aromatic rings. The summed E-state index contributed by atoms with van der Waals surface area (Å²) >= 11 is 0. The van der Waals surface area contributed by atoms with E-state index in [-0.39, 0.29) is 24.5 Å².